The van der Waals surface area contributed by atoms with Gasteiger partial charge in [-0.25, -0.2) is 4.79 Å². The summed E-state index contributed by atoms with van der Waals surface area (Å²) in [6, 6.07) is 2.45. The van der Waals surface area contributed by atoms with E-state index >= 15 is 0 Å². The Morgan fingerprint density at radius 1 is 1.37 bits per heavy atom. The highest BCUT2D eigenvalue weighted by Crippen LogP contribution is 2.16. The van der Waals surface area contributed by atoms with E-state index in [1.807, 2.05) is 18.7 Å². The predicted octanol–water partition coefficient (Wildman–Crippen LogP) is 0.405. The number of ether oxygens (including phenoxy) is 1. The van der Waals surface area contributed by atoms with E-state index in [1.54, 1.807) is 0 Å². The molecule has 0 aromatic rings. The van der Waals surface area contributed by atoms with Gasteiger partial charge in [-0.05, 0) is 20.3 Å². The number of nitrogens with one attached hydrogen (secondary N) is 1. The van der Waals surface area contributed by atoms with E-state index in [0.717, 1.165) is 26.1 Å². The zero-order valence-electron chi connectivity index (χ0n) is 11.7. The third-order valence-corrected chi connectivity index (χ3v) is 3.89. The molecule has 6 heteroatoms. The molecule has 2 saturated heterocycles. The highest BCUT2D eigenvalue weighted by Gasteiger charge is 2.31. The number of carbonyl (C=O) groups excluding carboxylic acids is 1. The first-order valence-electron chi connectivity index (χ1n) is 6.82. The molecule has 2 heterocycles. The summed E-state index contributed by atoms with van der Waals surface area (Å²) in [7, 11) is 0. The van der Waals surface area contributed by atoms with Crippen molar-refractivity contribution in [3.63, 3.8) is 0 Å². The fourth-order valence-electron chi connectivity index (χ4n) is 2.45. The van der Waals surface area contributed by atoms with E-state index in [4.69, 9.17) is 10.00 Å². The number of carbonyl (C=O) groups is 1. The number of hydrogen-bond acceptors (Lipinski definition) is 4. The molecule has 19 heavy (non-hydrogen) atoms. The van der Waals surface area contributed by atoms with Crippen LogP contribution in [0.4, 0.5) is 4.79 Å². The zero-order valence-corrected chi connectivity index (χ0v) is 11.7. The van der Waals surface area contributed by atoms with E-state index in [2.05, 4.69) is 16.3 Å². The lowest BCUT2D eigenvalue weighted by atomic mass is 10.0. The molecular formula is C13H22N4O2. The minimum atomic E-state index is -0.456. The molecule has 2 rings (SSSR count). The summed E-state index contributed by atoms with van der Waals surface area (Å²) >= 11 is 0. The van der Waals surface area contributed by atoms with Crippen molar-refractivity contribution in [2.24, 2.45) is 0 Å². The molecule has 0 aromatic carbocycles. The number of amides is 2. The van der Waals surface area contributed by atoms with Gasteiger partial charge in [0.05, 0.1) is 18.7 Å². The number of urea groups is 1. The van der Waals surface area contributed by atoms with Gasteiger partial charge in [0.2, 0.25) is 0 Å². The van der Waals surface area contributed by atoms with Crippen LogP contribution in [0.1, 0.15) is 20.3 Å². The van der Waals surface area contributed by atoms with Crippen LogP contribution in [-0.2, 0) is 4.74 Å². The molecule has 0 spiro atoms. The molecule has 1 N–H and O–H groups in total. The molecule has 2 amide bonds. The second kappa shape index (κ2) is 5.76. The summed E-state index contributed by atoms with van der Waals surface area (Å²) < 4.78 is 5.24. The van der Waals surface area contributed by atoms with Gasteiger partial charge in [-0.15, -0.1) is 0 Å². The molecule has 2 aliphatic rings. The third-order valence-electron chi connectivity index (χ3n) is 3.89. The van der Waals surface area contributed by atoms with Gasteiger partial charge in [0.25, 0.3) is 0 Å². The van der Waals surface area contributed by atoms with Gasteiger partial charge >= 0.3 is 6.03 Å². The van der Waals surface area contributed by atoms with Gasteiger partial charge in [0.15, 0.2) is 0 Å². The molecule has 1 atom stereocenters. The van der Waals surface area contributed by atoms with Crippen LogP contribution < -0.4 is 5.32 Å². The third kappa shape index (κ3) is 3.37. The van der Waals surface area contributed by atoms with Crippen molar-refractivity contribution in [1.82, 2.24) is 15.1 Å². The average molecular weight is 266 g/mol. The van der Waals surface area contributed by atoms with Crippen molar-refractivity contribution in [3.05, 3.63) is 0 Å². The lowest BCUT2D eigenvalue weighted by Crippen LogP contribution is -2.57. The first-order valence-corrected chi connectivity index (χ1v) is 6.82. The van der Waals surface area contributed by atoms with Crippen molar-refractivity contribution >= 4 is 6.03 Å². The maximum atomic E-state index is 12.1. The monoisotopic (exact) mass is 266 g/mol. The molecule has 0 saturated carbocycles. The Morgan fingerprint density at radius 3 is 2.58 bits per heavy atom. The van der Waals surface area contributed by atoms with Crippen molar-refractivity contribution < 1.29 is 9.53 Å². The van der Waals surface area contributed by atoms with Gasteiger partial charge in [-0.2, -0.15) is 5.26 Å². The Balaban J connectivity index is 1.79. The van der Waals surface area contributed by atoms with Crippen LogP contribution in [0.25, 0.3) is 0 Å². The van der Waals surface area contributed by atoms with Gasteiger partial charge in [-0.1, -0.05) is 0 Å². The van der Waals surface area contributed by atoms with Gasteiger partial charge in [-0.3, -0.25) is 4.90 Å². The largest absolute Gasteiger partial charge is 0.379 e. The highest BCUT2D eigenvalue weighted by atomic mass is 16.5. The Labute approximate surface area is 114 Å². The van der Waals surface area contributed by atoms with Crippen LogP contribution in [-0.4, -0.2) is 66.8 Å². The first kappa shape index (κ1) is 14.1. The number of nitrogens with zero attached hydrogens (tertiary/aromatic N) is 3. The molecule has 2 fully saturated rings. The number of rotatable bonds is 2. The summed E-state index contributed by atoms with van der Waals surface area (Å²) in [4.78, 5) is 16.0. The van der Waals surface area contributed by atoms with Crippen LogP contribution in [0, 0.1) is 11.3 Å². The normalized spacial score (nSPS) is 25.1. The van der Waals surface area contributed by atoms with E-state index < -0.39 is 5.54 Å². The van der Waals surface area contributed by atoms with Gasteiger partial charge in [0, 0.05) is 32.8 Å². The first-order chi connectivity index (χ1) is 9.03. The number of hydrogen-bond donors (Lipinski definition) is 1. The maximum absolute atomic E-state index is 12.1. The van der Waals surface area contributed by atoms with Gasteiger partial charge in [0.1, 0.15) is 5.54 Å². The van der Waals surface area contributed by atoms with Crippen LogP contribution in [0.15, 0.2) is 0 Å². The van der Waals surface area contributed by atoms with Crippen LogP contribution in [0.5, 0.6) is 0 Å². The molecule has 0 aliphatic carbocycles. The minimum absolute atomic E-state index is 0.00934. The molecule has 106 valence electrons. The minimum Gasteiger partial charge on any atom is -0.379 e. The summed E-state index contributed by atoms with van der Waals surface area (Å²) in [5.41, 5.74) is -0.456. The Hall–Kier alpha value is -1.32. The number of piperazine rings is 1. The SMILES string of the molecule is CC(C)(C#N)N1CCN(C(=O)NC2CCOC2)CC1. The van der Waals surface area contributed by atoms with E-state index in [9.17, 15) is 4.79 Å². The second-order valence-corrected chi connectivity index (χ2v) is 5.65. The summed E-state index contributed by atoms with van der Waals surface area (Å²) in [6.45, 7) is 8.01. The Kier molecular flexibility index (Phi) is 4.27. The quantitative estimate of drug-likeness (QED) is 0.786. The topological polar surface area (TPSA) is 68.6 Å². The predicted molar refractivity (Wildman–Crippen MR) is 70.6 cm³/mol. The van der Waals surface area contributed by atoms with Crippen molar-refractivity contribution in [1.29, 1.82) is 5.26 Å². The summed E-state index contributed by atoms with van der Waals surface area (Å²) in [5.74, 6) is 0. The summed E-state index contributed by atoms with van der Waals surface area (Å²) in [6.07, 6.45) is 0.896. The molecular weight excluding hydrogens is 244 g/mol. The van der Waals surface area contributed by atoms with Crippen LogP contribution in [0.3, 0.4) is 0 Å². The van der Waals surface area contributed by atoms with Crippen LogP contribution >= 0.6 is 0 Å². The molecule has 2 aliphatic heterocycles. The Morgan fingerprint density at radius 2 is 2.05 bits per heavy atom. The van der Waals surface area contributed by atoms with Gasteiger partial charge < -0.3 is 15.0 Å². The smallest absolute Gasteiger partial charge is 0.317 e. The fourth-order valence-corrected chi connectivity index (χ4v) is 2.45. The Bertz CT molecular complexity index is 363. The lowest BCUT2D eigenvalue weighted by molar-refractivity contribution is 0.0910. The van der Waals surface area contributed by atoms with Crippen molar-refractivity contribution in [3.8, 4) is 6.07 Å². The van der Waals surface area contributed by atoms with Crippen LogP contribution in [0.2, 0.25) is 0 Å². The summed E-state index contributed by atoms with van der Waals surface area (Å²) in [5, 5.41) is 12.1. The molecule has 0 aromatic heterocycles. The molecule has 0 radical (unpaired) electrons. The molecule has 1 unspecified atom stereocenters. The molecule has 6 nitrogen and oxygen atoms in total. The highest BCUT2D eigenvalue weighted by molar-refractivity contribution is 5.74. The van der Waals surface area contributed by atoms with Crippen molar-refractivity contribution in [2.75, 3.05) is 39.4 Å². The lowest BCUT2D eigenvalue weighted by Gasteiger charge is -2.40. The zero-order chi connectivity index (χ0) is 13.9. The number of nitriles is 1. The maximum Gasteiger partial charge on any atom is 0.317 e. The average Bonchev–Trinajstić information content (AvgIpc) is 2.91. The standard InChI is InChI=1S/C13H22N4O2/c1-13(2,10-14)17-6-4-16(5-7-17)12(18)15-11-3-8-19-9-11/h11H,3-9H2,1-2H3,(H,15,18). The molecule has 0 bridgehead atoms. The van der Waals surface area contributed by atoms with E-state index in [-0.39, 0.29) is 12.1 Å². The van der Waals surface area contributed by atoms with E-state index in [0.29, 0.717) is 19.7 Å². The fraction of sp³-hybridized carbons (Fsp3) is 0.846. The van der Waals surface area contributed by atoms with E-state index in [1.165, 1.54) is 0 Å². The van der Waals surface area contributed by atoms with Crippen molar-refractivity contribution in [2.45, 2.75) is 31.8 Å². The second-order valence-electron chi connectivity index (χ2n) is 5.65.